The summed E-state index contributed by atoms with van der Waals surface area (Å²) >= 11 is 0. The molecule has 0 unspecified atom stereocenters. The Kier molecular flexibility index (Phi) is 4.84. The van der Waals surface area contributed by atoms with E-state index in [9.17, 15) is 14.7 Å². The average Bonchev–Trinajstić information content (AvgIpc) is 2.65. The number of ether oxygens (including phenoxy) is 2. The number of hydrogen-bond donors (Lipinski definition) is 1. The van der Waals surface area contributed by atoms with Crippen LogP contribution in [0.2, 0.25) is 0 Å². The van der Waals surface area contributed by atoms with Crippen LogP contribution in [0.5, 0.6) is 5.75 Å². The molecule has 0 radical (unpaired) electrons. The normalized spacial score (nSPS) is 10.5. The number of hydrogen-bond acceptors (Lipinski definition) is 6. The molecule has 3 aromatic rings. The van der Waals surface area contributed by atoms with E-state index in [1.807, 2.05) is 24.3 Å². The van der Waals surface area contributed by atoms with E-state index in [0.29, 0.717) is 16.8 Å². The molecule has 0 aliphatic rings. The zero-order chi connectivity index (χ0) is 18.7. The van der Waals surface area contributed by atoms with Crippen LogP contribution in [0.3, 0.4) is 0 Å². The number of carbonyl (C=O) groups excluding carboxylic acids is 2. The zero-order valence-electron chi connectivity index (χ0n) is 14.4. The van der Waals surface area contributed by atoms with Crippen molar-refractivity contribution in [2.24, 2.45) is 0 Å². The number of benzene rings is 2. The molecule has 0 spiro atoms. The van der Waals surface area contributed by atoms with Crippen LogP contribution < -0.4 is 0 Å². The zero-order valence-corrected chi connectivity index (χ0v) is 14.4. The van der Waals surface area contributed by atoms with E-state index in [4.69, 9.17) is 9.47 Å². The third kappa shape index (κ3) is 3.35. The van der Waals surface area contributed by atoms with Gasteiger partial charge in [0.25, 0.3) is 0 Å². The largest absolute Gasteiger partial charge is 0.508 e. The standard InChI is InChI=1S/C20H17NO5/c1-12-15-8-3-4-9-16(15)21-17(18(12)20(24)25-2)11-26-19(23)13-6-5-7-14(22)10-13/h3-10,22H,11H2,1-2H3. The molecule has 3 rings (SSSR count). The predicted octanol–water partition coefficient (Wildman–Crippen LogP) is 3.39. The second-order valence-electron chi connectivity index (χ2n) is 5.69. The number of aromatic hydroxyl groups is 1. The third-order valence-electron chi connectivity index (χ3n) is 4.04. The molecular formula is C20H17NO5. The van der Waals surface area contributed by atoms with Crippen LogP contribution in [0.25, 0.3) is 10.9 Å². The van der Waals surface area contributed by atoms with Gasteiger partial charge in [-0.3, -0.25) is 0 Å². The topological polar surface area (TPSA) is 85.7 Å². The fraction of sp³-hybridized carbons (Fsp3) is 0.150. The Morgan fingerprint density at radius 2 is 1.85 bits per heavy atom. The molecule has 2 aromatic carbocycles. The maximum Gasteiger partial charge on any atom is 0.340 e. The van der Waals surface area contributed by atoms with E-state index in [-0.39, 0.29) is 23.5 Å². The van der Waals surface area contributed by atoms with Gasteiger partial charge in [-0.15, -0.1) is 0 Å². The van der Waals surface area contributed by atoms with Crippen LogP contribution in [0.4, 0.5) is 0 Å². The minimum Gasteiger partial charge on any atom is -0.508 e. The van der Waals surface area contributed by atoms with Crippen molar-refractivity contribution in [2.45, 2.75) is 13.5 Å². The van der Waals surface area contributed by atoms with Gasteiger partial charge in [0.15, 0.2) is 0 Å². The SMILES string of the molecule is COC(=O)c1c(COC(=O)c2cccc(O)c2)nc2ccccc2c1C. The number of aryl methyl sites for hydroxylation is 1. The molecule has 1 N–H and O–H groups in total. The number of aromatic nitrogens is 1. The lowest BCUT2D eigenvalue weighted by molar-refractivity contribution is 0.0455. The first-order valence-corrected chi connectivity index (χ1v) is 7.94. The van der Waals surface area contributed by atoms with Crippen LogP contribution in [0.1, 0.15) is 32.0 Å². The van der Waals surface area contributed by atoms with Crippen LogP contribution in [0, 0.1) is 6.92 Å². The number of nitrogens with zero attached hydrogens (tertiary/aromatic N) is 1. The smallest absolute Gasteiger partial charge is 0.340 e. The Labute approximate surface area is 150 Å². The number of pyridine rings is 1. The van der Waals surface area contributed by atoms with Gasteiger partial charge in [-0.2, -0.15) is 0 Å². The number of rotatable bonds is 4. The second kappa shape index (κ2) is 7.23. The maximum absolute atomic E-state index is 12.2. The summed E-state index contributed by atoms with van der Waals surface area (Å²) in [5.41, 5.74) is 2.23. The van der Waals surface area contributed by atoms with Crippen molar-refractivity contribution < 1.29 is 24.2 Å². The molecule has 6 nitrogen and oxygen atoms in total. The minimum absolute atomic E-state index is 0.0330. The van der Waals surface area contributed by atoms with Gasteiger partial charge < -0.3 is 14.6 Å². The predicted molar refractivity (Wildman–Crippen MR) is 95.0 cm³/mol. The molecule has 1 heterocycles. The van der Waals surface area contributed by atoms with E-state index in [1.54, 1.807) is 13.0 Å². The van der Waals surface area contributed by atoms with Gasteiger partial charge in [-0.25, -0.2) is 14.6 Å². The van der Waals surface area contributed by atoms with Crippen molar-refractivity contribution in [3.8, 4) is 5.75 Å². The number of carbonyl (C=O) groups is 2. The first-order valence-electron chi connectivity index (χ1n) is 7.94. The van der Waals surface area contributed by atoms with Gasteiger partial charge in [0.1, 0.15) is 12.4 Å². The summed E-state index contributed by atoms with van der Waals surface area (Å²) in [4.78, 5) is 28.9. The summed E-state index contributed by atoms with van der Waals surface area (Å²) in [5.74, 6) is -1.19. The molecule has 1 aromatic heterocycles. The second-order valence-corrected chi connectivity index (χ2v) is 5.69. The quantitative estimate of drug-likeness (QED) is 0.725. The summed E-state index contributed by atoms with van der Waals surface area (Å²) in [6.07, 6.45) is 0. The van der Waals surface area contributed by atoms with Crippen LogP contribution in [-0.2, 0) is 16.1 Å². The van der Waals surface area contributed by atoms with E-state index < -0.39 is 11.9 Å². The van der Waals surface area contributed by atoms with E-state index in [0.717, 1.165) is 5.39 Å². The summed E-state index contributed by atoms with van der Waals surface area (Å²) in [6.45, 7) is 1.61. The molecule has 26 heavy (non-hydrogen) atoms. The van der Waals surface area contributed by atoms with Gasteiger partial charge >= 0.3 is 11.9 Å². The van der Waals surface area contributed by atoms with Crippen LogP contribution in [0.15, 0.2) is 48.5 Å². The van der Waals surface area contributed by atoms with Crippen molar-refractivity contribution in [3.05, 3.63) is 70.9 Å². The molecule has 0 bridgehead atoms. The molecule has 0 amide bonds. The Morgan fingerprint density at radius 1 is 1.08 bits per heavy atom. The number of methoxy groups -OCH3 is 1. The summed E-state index contributed by atoms with van der Waals surface area (Å²) in [7, 11) is 1.29. The number of phenols is 1. The third-order valence-corrected chi connectivity index (χ3v) is 4.04. The van der Waals surface area contributed by atoms with Crippen LogP contribution in [-0.4, -0.2) is 29.1 Å². The van der Waals surface area contributed by atoms with E-state index in [2.05, 4.69) is 4.98 Å². The lowest BCUT2D eigenvalue weighted by atomic mass is 10.0. The fourth-order valence-corrected chi connectivity index (χ4v) is 2.77. The minimum atomic E-state index is -0.621. The van der Waals surface area contributed by atoms with E-state index in [1.165, 1.54) is 25.3 Å². The molecule has 0 fully saturated rings. The molecule has 0 aliphatic carbocycles. The highest BCUT2D eigenvalue weighted by Gasteiger charge is 2.20. The first kappa shape index (κ1) is 17.4. The van der Waals surface area contributed by atoms with Gasteiger partial charge in [-0.05, 0) is 36.8 Å². The van der Waals surface area contributed by atoms with Gasteiger partial charge in [0, 0.05) is 5.39 Å². The maximum atomic E-state index is 12.2. The Balaban J connectivity index is 1.96. The number of para-hydroxylation sites is 1. The molecule has 0 aliphatic heterocycles. The molecule has 132 valence electrons. The van der Waals surface area contributed by atoms with Crippen molar-refractivity contribution in [2.75, 3.05) is 7.11 Å². The van der Waals surface area contributed by atoms with Crippen molar-refractivity contribution in [1.29, 1.82) is 0 Å². The molecular weight excluding hydrogens is 334 g/mol. The summed E-state index contributed by atoms with van der Waals surface area (Å²) in [6, 6.07) is 13.2. The van der Waals surface area contributed by atoms with Gasteiger partial charge in [0.2, 0.25) is 0 Å². The van der Waals surface area contributed by atoms with Crippen molar-refractivity contribution in [3.63, 3.8) is 0 Å². The lowest BCUT2D eigenvalue weighted by Gasteiger charge is -2.13. The Bertz CT molecular complexity index is 997. The fourth-order valence-electron chi connectivity index (χ4n) is 2.77. The summed E-state index contributed by atoms with van der Waals surface area (Å²) in [5, 5.41) is 10.3. The number of fused-ring (bicyclic) bond motifs is 1. The molecule has 0 saturated heterocycles. The van der Waals surface area contributed by atoms with Crippen LogP contribution >= 0.6 is 0 Å². The van der Waals surface area contributed by atoms with E-state index >= 15 is 0 Å². The van der Waals surface area contributed by atoms with Gasteiger partial charge in [-0.1, -0.05) is 24.3 Å². The highest BCUT2D eigenvalue weighted by Crippen LogP contribution is 2.24. The highest BCUT2D eigenvalue weighted by atomic mass is 16.5. The number of esters is 2. The van der Waals surface area contributed by atoms with Gasteiger partial charge in [0.05, 0.1) is 29.4 Å². The van der Waals surface area contributed by atoms with Crippen molar-refractivity contribution in [1.82, 2.24) is 4.98 Å². The number of phenolic OH excluding ortho intramolecular Hbond substituents is 1. The first-order chi connectivity index (χ1) is 12.5. The average molecular weight is 351 g/mol. The van der Waals surface area contributed by atoms with Crippen molar-refractivity contribution >= 4 is 22.8 Å². The molecule has 6 heteroatoms. The highest BCUT2D eigenvalue weighted by molar-refractivity contribution is 5.98. The monoisotopic (exact) mass is 351 g/mol. The summed E-state index contributed by atoms with van der Waals surface area (Å²) < 4.78 is 10.1. The lowest BCUT2D eigenvalue weighted by Crippen LogP contribution is -2.14. The Morgan fingerprint density at radius 3 is 2.58 bits per heavy atom. The molecule has 0 atom stereocenters. The molecule has 0 saturated carbocycles. The Hall–Kier alpha value is -3.41.